The predicted molar refractivity (Wildman–Crippen MR) is 75.4 cm³/mol. The van der Waals surface area contributed by atoms with Crippen LogP contribution in [0.4, 0.5) is 5.95 Å². The third-order valence-electron chi connectivity index (χ3n) is 1.95. The molecule has 0 bridgehead atoms. The number of nitrogen functional groups attached to an aromatic ring is 1. The molecule has 2 rings (SSSR count). The van der Waals surface area contributed by atoms with Crippen LogP contribution in [-0.2, 0) is 0 Å². The number of nitrogens with zero attached hydrogens (tertiary/aromatic N) is 2. The van der Waals surface area contributed by atoms with Crippen molar-refractivity contribution in [1.82, 2.24) is 9.97 Å². The largest absolute Gasteiger partial charge is 0.292 e. The molecule has 2 aromatic rings. The van der Waals surface area contributed by atoms with Gasteiger partial charge in [-0.15, -0.1) is 0 Å². The van der Waals surface area contributed by atoms with Gasteiger partial charge >= 0.3 is 0 Å². The predicted octanol–water partition coefficient (Wildman–Crippen LogP) is 3.87. The lowest BCUT2D eigenvalue weighted by Crippen LogP contribution is -2.10. The summed E-state index contributed by atoms with van der Waals surface area (Å²) >= 11 is 19.1. The van der Waals surface area contributed by atoms with E-state index >= 15 is 0 Å². The number of hydrazine groups is 1. The van der Waals surface area contributed by atoms with Crippen LogP contribution in [0.1, 0.15) is 0 Å². The summed E-state index contributed by atoms with van der Waals surface area (Å²) < 4.78 is 0. The Morgan fingerprint density at radius 2 is 1.89 bits per heavy atom. The minimum Gasteiger partial charge on any atom is -0.292 e. The van der Waals surface area contributed by atoms with Gasteiger partial charge in [0.2, 0.25) is 5.95 Å². The van der Waals surface area contributed by atoms with Crippen LogP contribution >= 0.6 is 46.6 Å². The second-order valence-electron chi connectivity index (χ2n) is 3.17. The number of benzene rings is 1. The number of anilines is 1. The monoisotopic (exact) mass is 320 g/mol. The van der Waals surface area contributed by atoms with Crippen LogP contribution in [0.15, 0.2) is 34.3 Å². The standard InChI is InChI=1S/C10H7Cl3N4S/c11-6-2-1-5(3-7(6)12)18-9-8(13)4-15-10(16-9)17-14/h1-4H,14H2,(H,15,16,17). The highest BCUT2D eigenvalue weighted by Gasteiger charge is 2.08. The van der Waals surface area contributed by atoms with E-state index in [1.165, 1.54) is 18.0 Å². The fourth-order valence-corrected chi connectivity index (χ4v) is 2.53. The van der Waals surface area contributed by atoms with Gasteiger partial charge in [0.25, 0.3) is 0 Å². The summed E-state index contributed by atoms with van der Waals surface area (Å²) in [7, 11) is 0. The van der Waals surface area contributed by atoms with E-state index in [0.717, 1.165) is 4.90 Å². The molecule has 0 amide bonds. The van der Waals surface area contributed by atoms with Gasteiger partial charge in [-0.05, 0) is 18.2 Å². The van der Waals surface area contributed by atoms with Gasteiger partial charge in [0, 0.05) is 4.90 Å². The van der Waals surface area contributed by atoms with Crippen molar-refractivity contribution in [3.8, 4) is 0 Å². The van der Waals surface area contributed by atoms with Gasteiger partial charge in [-0.25, -0.2) is 15.8 Å². The first-order valence-electron chi connectivity index (χ1n) is 4.72. The van der Waals surface area contributed by atoms with Crippen LogP contribution in [0.2, 0.25) is 15.1 Å². The van der Waals surface area contributed by atoms with Crippen molar-refractivity contribution in [2.75, 3.05) is 5.43 Å². The van der Waals surface area contributed by atoms with Crippen molar-refractivity contribution in [3.63, 3.8) is 0 Å². The molecule has 1 heterocycles. The highest BCUT2D eigenvalue weighted by atomic mass is 35.5. The number of nitrogens with one attached hydrogen (secondary N) is 1. The molecule has 0 saturated heterocycles. The molecule has 0 unspecified atom stereocenters. The number of rotatable bonds is 3. The van der Waals surface area contributed by atoms with E-state index in [1.807, 2.05) is 6.07 Å². The van der Waals surface area contributed by atoms with Gasteiger partial charge in [0.05, 0.1) is 21.3 Å². The fraction of sp³-hybridized carbons (Fsp3) is 0. The molecule has 1 aromatic carbocycles. The molecule has 8 heteroatoms. The van der Waals surface area contributed by atoms with Crippen LogP contribution in [0.5, 0.6) is 0 Å². The van der Waals surface area contributed by atoms with E-state index in [2.05, 4.69) is 15.4 Å². The zero-order valence-corrected chi connectivity index (χ0v) is 11.9. The Balaban J connectivity index is 2.30. The van der Waals surface area contributed by atoms with E-state index in [-0.39, 0.29) is 0 Å². The van der Waals surface area contributed by atoms with Gasteiger partial charge in [0.15, 0.2) is 0 Å². The smallest absolute Gasteiger partial charge is 0.238 e. The minimum atomic E-state index is 0.293. The Morgan fingerprint density at radius 3 is 2.56 bits per heavy atom. The van der Waals surface area contributed by atoms with Gasteiger partial charge in [0.1, 0.15) is 5.03 Å². The fourth-order valence-electron chi connectivity index (χ4n) is 1.14. The molecule has 0 fully saturated rings. The van der Waals surface area contributed by atoms with Crippen molar-refractivity contribution in [2.24, 2.45) is 5.84 Å². The van der Waals surface area contributed by atoms with Crippen molar-refractivity contribution in [1.29, 1.82) is 0 Å². The molecule has 94 valence electrons. The van der Waals surface area contributed by atoms with E-state index in [0.29, 0.717) is 26.0 Å². The molecule has 0 aliphatic carbocycles. The molecule has 4 nitrogen and oxygen atoms in total. The first-order valence-corrected chi connectivity index (χ1v) is 6.67. The van der Waals surface area contributed by atoms with Crippen molar-refractivity contribution < 1.29 is 0 Å². The molecule has 1 aromatic heterocycles. The molecule has 0 radical (unpaired) electrons. The highest BCUT2D eigenvalue weighted by Crippen LogP contribution is 2.34. The third-order valence-corrected chi connectivity index (χ3v) is 4.07. The van der Waals surface area contributed by atoms with Gasteiger partial charge in [-0.1, -0.05) is 46.6 Å². The average molecular weight is 322 g/mol. The van der Waals surface area contributed by atoms with E-state index < -0.39 is 0 Å². The van der Waals surface area contributed by atoms with Crippen molar-refractivity contribution in [3.05, 3.63) is 39.5 Å². The lowest BCUT2D eigenvalue weighted by Gasteiger charge is -2.06. The summed E-state index contributed by atoms with van der Waals surface area (Å²) in [4.78, 5) is 8.91. The maximum atomic E-state index is 6.00. The second kappa shape index (κ2) is 5.95. The second-order valence-corrected chi connectivity index (χ2v) is 5.45. The molecular weight excluding hydrogens is 315 g/mol. The summed E-state index contributed by atoms with van der Waals surface area (Å²) in [6, 6.07) is 5.28. The van der Waals surface area contributed by atoms with Crippen LogP contribution in [0, 0.1) is 0 Å². The Morgan fingerprint density at radius 1 is 1.11 bits per heavy atom. The number of halogens is 3. The Hall–Kier alpha value is -0.720. The molecular formula is C10H7Cl3N4S. The number of aromatic nitrogens is 2. The Bertz CT molecular complexity index is 579. The summed E-state index contributed by atoms with van der Waals surface area (Å²) in [6.45, 7) is 0. The van der Waals surface area contributed by atoms with Crippen molar-refractivity contribution >= 4 is 52.5 Å². The molecule has 0 spiro atoms. The van der Waals surface area contributed by atoms with Gasteiger partial charge < -0.3 is 0 Å². The quantitative estimate of drug-likeness (QED) is 0.510. The number of nitrogens with two attached hydrogens (primary N) is 1. The van der Waals surface area contributed by atoms with E-state index in [9.17, 15) is 0 Å². The first-order chi connectivity index (χ1) is 8.60. The lowest BCUT2D eigenvalue weighted by molar-refractivity contribution is 1.03. The molecule has 0 aliphatic rings. The van der Waals surface area contributed by atoms with Crippen LogP contribution < -0.4 is 11.3 Å². The normalized spacial score (nSPS) is 10.4. The Labute approximate surface area is 123 Å². The molecule has 3 N–H and O–H groups in total. The lowest BCUT2D eigenvalue weighted by atomic mass is 10.4. The van der Waals surface area contributed by atoms with Crippen LogP contribution in [-0.4, -0.2) is 9.97 Å². The van der Waals surface area contributed by atoms with Gasteiger partial charge in [-0.2, -0.15) is 0 Å². The average Bonchev–Trinajstić information content (AvgIpc) is 2.36. The van der Waals surface area contributed by atoms with Crippen molar-refractivity contribution in [2.45, 2.75) is 9.92 Å². The molecule has 0 saturated carbocycles. The van der Waals surface area contributed by atoms with E-state index in [1.54, 1.807) is 12.1 Å². The van der Waals surface area contributed by atoms with Crippen LogP contribution in [0.3, 0.4) is 0 Å². The summed E-state index contributed by atoms with van der Waals surface area (Å²) in [5.74, 6) is 5.53. The first kappa shape index (κ1) is 13.7. The Kier molecular flexibility index (Phi) is 4.53. The minimum absolute atomic E-state index is 0.293. The SMILES string of the molecule is NNc1ncc(Cl)c(Sc2ccc(Cl)c(Cl)c2)n1. The molecule has 0 aliphatic heterocycles. The summed E-state index contributed by atoms with van der Waals surface area (Å²) in [6.07, 6.45) is 1.48. The summed E-state index contributed by atoms with van der Waals surface area (Å²) in [5.41, 5.74) is 2.36. The maximum absolute atomic E-state index is 6.00. The number of hydrogen-bond acceptors (Lipinski definition) is 5. The molecule has 18 heavy (non-hydrogen) atoms. The zero-order chi connectivity index (χ0) is 13.1. The summed E-state index contributed by atoms with van der Waals surface area (Å²) in [5, 5.41) is 1.99. The van der Waals surface area contributed by atoms with E-state index in [4.69, 9.17) is 40.6 Å². The van der Waals surface area contributed by atoms with Gasteiger partial charge in [-0.3, -0.25) is 5.43 Å². The maximum Gasteiger partial charge on any atom is 0.238 e. The topological polar surface area (TPSA) is 63.8 Å². The molecule has 0 atom stereocenters. The highest BCUT2D eigenvalue weighted by molar-refractivity contribution is 7.99. The third kappa shape index (κ3) is 3.18. The van der Waals surface area contributed by atoms with Crippen LogP contribution in [0.25, 0.3) is 0 Å². The number of hydrogen-bond donors (Lipinski definition) is 2. The zero-order valence-electron chi connectivity index (χ0n) is 8.82.